The van der Waals surface area contributed by atoms with Crippen molar-refractivity contribution in [3.05, 3.63) is 66.5 Å². The Morgan fingerprint density at radius 1 is 1.04 bits per heavy atom. The van der Waals surface area contributed by atoms with Gasteiger partial charge in [-0.15, -0.1) is 0 Å². The van der Waals surface area contributed by atoms with Crippen LogP contribution in [-0.2, 0) is 7.05 Å². The van der Waals surface area contributed by atoms with Crippen molar-refractivity contribution in [3.8, 4) is 0 Å². The van der Waals surface area contributed by atoms with E-state index in [1.165, 1.54) is 0 Å². The van der Waals surface area contributed by atoms with Crippen LogP contribution in [0.5, 0.6) is 0 Å². The van der Waals surface area contributed by atoms with E-state index in [1.54, 1.807) is 10.9 Å². The van der Waals surface area contributed by atoms with Gasteiger partial charge in [0, 0.05) is 24.0 Å². The fourth-order valence-corrected chi connectivity index (χ4v) is 2.77. The van der Waals surface area contributed by atoms with Crippen molar-refractivity contribution < 1.29 is 4.79 Å². The van der Waals surface area contributed by atoms with E-state index in [2.05, 4.69) is 15.4 Å². The van der Waals surface area contributed by atoms with Crippen LogP contribution in [0.25, 0.3) is 21.8 Å². The first-order valence-electron chi connectivity index (χ1n) is 7.31. The molecule has 23 heavy (non-hydrogen) atoms. The molecule has 0 aliphatic rings. The van der Waals surface area contributed by atoms with Crippen molar-refractivity contribution in [2.24, 2.45) is 7.05 Å². The van der Waals surface area contributed by atoms with Crippen LogP contribution >= 0.6 is 0 Å². The molecule has 0 aliphatic carbocycles. The van der Waals surface area contributed by atoms with Gasteiger partial charge in [0.25, 0.3) is 5.91 Å². The fourth-order valence-electron chi connectivity index (χ4n) is 2.77. The Hall–Kier alpha value is -3.21. The third-order valence-corrected chi connectivity index (χ3v) is 3.85. The molecule has 2 aromatic carbocycles. The SMILES string of the molecule is Cn1nc(C(=O)Nc2cccc3cccnc23)c2ccccc21. The zero-order valence-electron chi connectivity index (χ0n) is 12.5. The summed E-state index contributed by atoms with van der Waals surface area (Å²) in [5, 5.41) is 9.10. The summed E-state index contributed by atoms with van der Waals surface area (Å²) in [4.78, 5) is 17.0. The molecule has 0 saturated heterocycles. The van der Waals surface area contributed by atoms with Crippen LogP contribution < -0.4 is 5.32 Å². The Bertz CT molecular complexity index is 1030. The minimum Gasteiger partial charge on any atom is -0.319 e. The Morgan fingerprint density at radius 2 is 1.87 bits per heavy atom. The molecule has 2 heterocycles. The topological polar surface area (TPSA) is 59.8 Å². The van der Waals surface area contributed by atoms with Gasteiger partial charge in [-0.05, 0) is 18.2 Å². The Labute approximate surface area is 132 Å². The number of amides is 1. The maximum Gasteiger partial charge on any atom is 0.276 e. The average molecular weight is 302 g/mol. The number of nitrogens with one attached hydrogen (secondary N) is 1. The molecule has 0 fully saturated rings. The monoisotopic (exact) mass is 302 g/mol. The van der Waals surface area contributed by atoms with E-state index >= 15 is 0 Å². The highest BCUT2D eigenvalue weighted by atomic mass is 16.2. The van der Waals surface area contributed by atoms with Crippen molar-refractivity contribution in [1.82, 2.24) is 14.8 Å². The van der Waals surface area contributed by atoms with Crippen LogP contribution in [0, 0.1) is 0 Å². The molecule has 0 bridgehead atoms. The van der Waals surface area contributed by atoms with Gasteiger partial charge in [-0.25, -0.2) is 0 Å². The number of fused-ring (bicyclic) bond motifs is 2. The Balaban J connectivity index is 1.77. The van der Waals surface area contributed by atoms with E-state index < -0.39 is 0 Å². The molecule has 5 heteroatoms. The Kier molecular flexibility index (Phi) is 3.05. The lowest BCUT2D eigenvalue weighted by molar-refractivity contribution is 0.102. The summed E-state index contributed by atoms with van der Waals surface area (Å²) in [6.45, 7) is 0. The zero-order valence-corrected chi connectivity index (χ0v) is 12.5. The number of para-hydroxylation sites is 2. The lowest BCUT2D eigenvalue weighted by atomic mass is 10.1. The maximum atomic E-state index is 12.7. The van der Waals surface area contributed by atoms with Crippen LogP contribution in [0.4, 0.5) is 5.69 Å². The first-order valence-corrected chi connectivity index (χ1v) is 7.31. The van der Waals surface area contributed by atoms with Gasteiger partial charge in [0.05, 0.1) is 16.7 Å². The van der Waals surface area contributed by atoms with Gasteiger partial charge < -0.3 is 5.32 Å². The second-order valence-corrected chi connectivity index (χ2v) is 5.32. The van der Waals surface area contributed by atoms with Gasteiger partial charge in [0.15, 0.2) is 5.69 Å². The quantitative estimate of drug-likeness (QED) is 0.617. The number of benzene rings is 2. The van der Waals surface area contributed by atoms with Gasteiger partial charge in [-0.1, -0.05) is 36.4 Å². The number of rotatable bonds is 2. The number of carbonyl (C=O) groups is 1. The number of aromatic nitrogens is 3. The first kappa shape index (κ1) is 13.5. The van der Waals surface area contributed by atoms with Crippen LogP contribution in [0.15, 0.2) is 60.8 Å². The third kappa shape index (κ3) is 2.23. The predicted molar refractivity (Wildman–Crippen MR) is 90.4 cm³/mol. The Morgan fingerprint density at radius 3 is 2.78 bits per heavy atom. The number of pyridine rings is 1. The molecule has 0 unspecified atom stereocenters. The molecule has 1 amide bonds. The summed E-state index contributed by atoms with van der Waals surface area (Å²) >= 11 is 0. The summed E-state index contributed by atoms with van der Waals surface area (Å²) in [7, 11) is 1.83. The highest BCUT2D eigenvalue weighted by Gasteiger charge is 2.16. The van der Waals surface area contributed by atoms with Crippen molar-refractivity contribution >= 4 is 33.4 Å². The van der Waals surface area contributed by atoms with Crippen molar-refractivity contribution in [2.75, 3.05) is 5.32 Å². The summed E-state index contributed by atoms with van der Waals surface area (Å²) in [5.74, 6) is -0.236. The van der Waals surface area contributed by atoms with Crippen LogP contribution in [0.3, 0.4) is 0 Å². The molecular formula is C18H14N4O. The van der Waals surface area contributed by atoms with Gasteiger partial charge in [0.2, 0.25) is 0 Å². The normalized spacial score (nSPS) is 11.0. The molecule has 1 N–H and O–H groups in total. The lowest BCUT2D eigenvalue weighted by Crippen LogP contribution is -2.13. The van der Waals surface area contributed by atoms with E-state index in [9.17, 15) is 4.79 Å². The zero-order chi connectivity index (χ0) is 15.8. The molecule has 0 atom stereocenters. The molecule has 112 valence electrons. The van der Waals surface area contributed by atoms with Crippen molar-refractivity contribution in [1.29, 1.82) is 0 Å². The van der Waals surface area contributed by atoms with Gasteiger partial charge in [0.1, 0.15) is 0 Å². The van der Waals surface area contributed by atoms with Crippen molar-refractivity contribution in [3.63, 3.8) is 0 Å². The first-order chi connectivity index (χ1) is 11.2. The van der Waals surface area contributed by atoms with E-state index in [-0.39, 0.29) is 5.91 Å². The molecule has 2 aromatic heterocycles. The molecule has 0 spiro atoms. The molecule has 0 aliphatic heterocycles. The average Bonchev–Trinajstić information content (AvgIpc) is 2.93. The summed E-state index contributed by atoms with van der Waals surface area (Å²) in [6, 6.07) is 17.2. The number of anilines is 1. The summed E-state index contributed by atoms with van der Waals surface area (Å²) in [6.07, 6.45) is 1.72. The lowest BCUT2D eigenvalue weighted by Gasteiger charge is -2.06. The van der Waals surface area contributed by atoms with Crippen molar-refractivity contribution in [2.45, 2.75) is 0 Å². The van der Waals surface area contributed by atoms with E-state index in [4.69, 9.17) is 0 Å². The number of aryl methyl sites for hydroxylation is 1. The van der Waals surface area contributed by atoms with E-state index in [0.717, 1.165) is 21.8 Å². The smallest absolute Gasteiger partial charge is 0.276 e. The highest BCUT2D eigenvalue weighted by molar-refractivity contribution is 6.13. The molecular weight excluding hydrogens is 288 g/mol. The summed E-state index contributed by atoms with van der Waals surface area (Å²) < 4.78 is 1.71. The second-order valence-electron chi connectivity index (χ2n) is 5.32. The predicted octanol–water partition coefficient (Wildman–Crippen LogP) is 3.37. The highest BCUT2D eigenvalue weighted by Crippen LogP contribution is 2.23. The molecule has 0 radical (unpaired) electrons. The number of nitrogens with zero attached hydrogens (tertiary/aromatic N) is 3. The summed E-state index contributed by atoms with van der Waals surface area (Å²) in [5.41, 5.74) is 2.79. The molecule has 4 rings (SSSR count). The number of hydrogen-bond acceptors (Lipinski definition) is 3. The largest absolute Gasteiger partial charge is 0.319 e. The third-order valence-electron chi connectivity index (χ3n) is 3.85. The van der Waals surface area contributed by atoms with E-state index in [1.807, 2.05) is 61.6 Å². The second kappa shape index (κ2) is 5.21. The van der Waals surface area contributed by atoms with E-state index in [0.29, 0.717) is 11.4 Å². The van der Waals surface area contributed by atoms with Gasteiger partial charge >= 0.3 is 0 Å². The van der Waals surface area contributed by atoms with Crippen LogP contribution in [0.2, 0.25) is 0 Å². The maximum absolute atomic E-state index is 12.7. The molecule has 5 nitrogen and oxygen atoms in total. The number of hydrogen-bond donors (Lipinski definition) is 1. The van der Waals surface area contributed by atoms with Gasteiger partial charge in [-0.2, -0.15) is 5.10 Å². The molecule has 4 aromatic rings. The van der Waals surface area contributed by atoms with Crippen LogP contribution in [-0.4, -0.2) is 20.7 Å². The fraction of sp³-hybridized carbons (Fsp3) is 0.0556. The van der Waals surface area contributed by atoms with Gasteiger partial charge in [-0.3, -0.25) is 14.5 Å². The standard InChI is InChI=1S/C18H14N4O/c1-22-15-10-3-2-8-13(15)17(21-22)18(23)20-14-9-4-6-12-7-5-11-19-16(12)14/h2-11H,1H3,(H,20,23). The number of carbonyl (C=O) groups excluding carboxylic acids is 1. The minimum atomic E-state index is -0.236. The minimum absolute atomic E-state index is 0.236. The molecule has 0 saturated carbocycles. The van der Waals surface area contributed by atoms with Crippen LogP contribution in [0.1, 0.15) is 10.5 Å².